The third kappa shape index (κ3) is 7.18. The Balaban J connectivity index is 1.45. The van der Waals surface area contributed by atoms with E-state index < -0.39 is 10.0 Å². The first-order valence-electron chi connectivity index (χ1n) is 13.9. The van der Waals surface area contributed by atoms with Gasteiger partial charge in [-0.2, -0.15) is 4.31 Å². The first-order chi connectivity index (χ1) is 20.4. The molecule has 0 fully saturated rings. The van der Waals surface area contributed by atoms with Crippen LogP contribution in [0.15, 0.2) is 89.8 Å². The highest BCUT2D eigenvalue weighted by atomic mass is 35.5. The van der Waals surface area contributed by atoms with Gasteiger partial charge >= 0.3 is 0 Å². The van der Waals surface area contributed by atoms with Gasteiger partial charge in [0.2, 0.25) is 10.0 Å². The summed E-state index contributed by atoms with van der Waals surface area (Å²) in [5, 5.41) is 4.13. The number of ether oxygens (including phenoxy) is 3. The van der Waals surface area contributed by atoms with E-state index in [1.807, 2.05) is 66.7 Å². The molecule has 0 atom stereocenters. The molecule has 7 nitrogen and oxygen atoms in total. The molecular weight excluding hydrogens is 572 g/mol. The highest BCUT2D eigenvalue weighted by Crippen LogP contribution is 2.32. The summed E-state index contributed by atoms with van der Waals surface area (Å²) in [6.07, 6.45) is 2.80. The maximum atomic E-state index is 14.2. The fraction of sp³-hybridized carbons (Fsp3) is 0.273. The van der Waals surface area contributed by atoms with Crippen LogP contribution >= 0.6 is 11.6 Å². The molecule has 0 aliphatic carbocycles. The molecule has 0 radical (unpaired) electrons. The molecule has 0 saturated heterocycles. The van der Waals surface area contributed by atoms with Gasteiger partial charge in [-0.25, -0.2) is 8.42 Å². The van der Waals surface area contributed by atoms with Gasteiger partial charge in [0.1, 0.15) is 23.9 Å². The number of hydrogen-bond acceptors (Lipinski definition) is 6. The molecule has 1 heterocycles. The largest absolute Gasteiger partial charge is 0.497 e. The Bertz CT molecular complexity index is 1560. The van der Waals surface area contributed by atoms with Gasteiger partial charge in [0.05, 0.1) is 24.8 Å². The molecule has 220 valence electrons. The van der Waals surface area contributed by atoms with E-state index in [0.29, 0.717) is 41.1 Å². The van der Waals surface area contributed by atoms with Crippen molar-refractivity contribution >= 4 is 27.3 Å². The standard InChI is InChI=1S/C33H35ClN2O5S/c1-39-29-12-6-24(7-13-29)21-36(22-25-8-14-30(40-2)15-9-25)42(37,38)31-16-17-33-32(20-31)35-18-4-3-5-26-19-28(34)11-10-27(26)23-41-33/h6-17,19-20,35H,3-5,18,21-23H2,1-2H3. The van der Waals surface area contributed by atoms with Gasteiger partial charge in [0.25, 0.3) is 0 Å². The Kier molecular flexibility index (Phi) is 9.57. The number of halogens is 1. The predicted octanol–water partition coefficient (Wildman–Crippen LogP) is 7.08. The van der Waals surface area contributed by atoms with E-state index in [1.165, 1.54) is 9.87 Å². The van der Waals surface area contributed by atoms with Crippen molar-refractivity contribution in [3.05, 3.63) is 112 Å². The molecule has 0 aromatic heterocycles. The van der Waals surface area contributed by atoms with Crippen LogP contribution in [-0.2, 0) is 36.1 Å². The van der Waals surface area contributed by atoms with Crippen molar-refractivity contribution in [3.63, 3.8) is 0 Å². The van der Waals surface area contributed by atoms with Gasteiger partial charge in [0.15, 0.2) is 0 Å². The molecule has 9 heteroatoms. The number of nitrogens with one attached hydrogen (secondary N) is 1. The number of hydrogen-bond donors (Lipinski definition) is 1. The van der Waals surface area contributed by atoms with Crippen LogP contribution in [0.3, 0.4) is 0 Å². The molecule has 0 bridgehead atoms. The van der Waals surface area contributed by atoms with Gasteiger partial charge in [-0.05, 0) is 96.1 Å². The van der Waals surface area contributed by atoms with Crippen molar-refractivity contribution in [1.29, 1.82) is 0 Å². The molecule has 1 aliphatic rings. The van der Waals surface area contributed by atoms with E-state index in [1.54, 1.807) is 32.4 Å². The fourth-order valence-electron chi connectivity index (χ4n) is 4.96. The number of anilines is 1. The average molecular weight is 607 g/mol. The van der Waals surface area contributed by atoms with Crippen LogP contribution in [0, 0.1) is 0 Å². The summed E-state index contributed by atoms with van der Waals surface area (Å²) in [5.41, 5.74) is 4.61. The zero-order valence-corrected chi connectivity index (χ0v) is 25.4. The van der Waals surface area contributed by atoms with Gasteiger partial charge in [-0.15, -0.1) is 0 Å². The van der Waals surface area contributed by atoms with Crippen LogP contribution in [0.2, 0.25) is 5.02 Å². The molecule has 42 heavy (non-hydrogen) atoms. The number of fused-ring (bicyclic) bond motifs is 2. The van der Waals surface area contributed by atoms with Gasteiger partial charge < -0.3 is 19.5 Å². The van der Waals surface area contributed by atoms with Crippen molar-refractivity contribution in [3.8, 4) is 17.2 Å². The molecule has 0 saturated carbocycles. The lowest BCUT2D eigenvalue weighted by Crippen LogP contribution is -2.30. The second-order valence-corrected chi connectivity index (χ2v) is 12.6. The van der Waals surface area contributed by atoms with Crippen molar-refractivity contribution in [1.82, 2.24) is 4.31 Å². The first kappa shape index (κ1) is 29.8. The zero-order valence-electron chi connectivity index (χ0n) is 23.8. The zero-order chi connectivity index (χ0) is 29.5. The number of nitrogens with zero attached hydrogens (tertiary/aromatic N) is 1. The summed E-state index contributed by atoms with van der Waals surface area (Å²) in [6, 6.07) is 25.8. The maximum absolute atomic E-state index is 14.2. The second-order valence-electron chi connectivity index (χ2n) is 10.2. The summed E-state index contributed by atoms with van der Waals surface area (Å²) in [5.74, 6) is 2.03. The van der Waals surface area contributed by atoms with Crippen LogP contribution in [0.1, 0.15) is 35.1 Å². The summed E-state index contributed by atoms with van der Waals surface area (Å²) < 4.78 is 46.7. The minimum absolute atomic E-state index is 0.193. The Hall–Kier alpha value is -3.72. The Labute approximate surface area is 253 Å². The summed E-state index contributed by atoms with van der Waals surface area (Å²) >= 11 is 6.25. The van der Waals surface area contributed by atoms with E-state index in [-0.39, 0.29) is 18.0 Å². The first-order valence-corrected chi connectivity index (χ1v) is 15.7. The highest BCUT2D eigenvalue weighted by molar-refractivity contribution is 7.89. The normalized spacial score (nSPS) is 13.6. The quantitative estimate of drug-likeness (QED) is 0.231. The van der Waals surface area contributed by atoms with E-state index in [4.69, 9.17) is 25.8 Å². The topological polar surface area (TPSA) is 77.1 Å². The molecule has 1 aliphatic heterocycles. The highest BCUT2D eigenvalue weighted by Gasteiger charge is 2.26. The third-order valence-corrected chi connectivity index (χ3v) is 9.39. The van der Waals surface area contributed by atoms with Crippen molar-refractivity contribution < 1.29 is 22.6 Å². The van der Waals surface area contributed by atoms with Crippen molar-refractivity contribution in [2.45, 2.75) is 43.9 Å². The monoisotopic (exact) mass is 606 g/mol. The minimum atomic E-state index is -3.90. The molecular formula is C33H35ClN2O5S. The molecule has 4 aromatic rings. The summed E-state index contributed by atoms with van der Waals surface area (Å²) in [7, 11) is -0.691. The Morgan fingerprint density at radius 1 is 0.810 bits per heavy atom. The van der Waals surface area contributed by atoms with E-state index in [2.05, 4.69) is 5.32 Å². The van der Waals surface area contributed by atoms with Gasteiger partial charge in [0, 0.05) is 24.7 Å². The molecule has 1 N–H and O–H groups in total. The molecule has 5 rings (SSSR count). The number of benzene rings is 4. The van der Waals surface area contributed by atoms with E-state index in [9.17, 15) is 8.42 Å². The SMILES string of the molecule is COc1ccc(CN(Cc2ccc(OC)cc2)S(=O)(=O)c2ccc3c(c2)NCCCCc2cc(Cl)ccc2CO3)cc1. The number of rotatable bonds is 8. The second kappa shape index (κ2) is 13.5. The lowest BCUT2D eigenvalue weighted by atomic mass is 10.0. The van der Waals surface area contributed by atoms with Crippen molar-refractivity contribution in [2.24, 2.45) is 0 Å². The minimum Gasteiger partial charge on any atom is -0.497 e. The molecule has 4 aromatic carbocycles. The van der Waals surface area contributed by atoms with Crippen LogP contribution in [0.5, 0.6) is 17.2 Å². The lowest BCUT2D eigenvalue weighted by molar-refractivity contribution is 0.306. The summed E-state index contributed by atoms with van der Waals surface area (Å²) in [6.45, 7) is 1.45. The third-order valence-electron chi connectivity index (χ3n) is 7.36. The Morgan fingerprint density at radius 3 is 2.07 bits per heavy atom. The number of aryl methyl sites for hydroxylation is 1. The lowest BCUT2D eigenvalue weighted by Gasteiger charge is -2.24. The number of methoxy groups -OCH3 is 2. The smallest absolute Gasteiger partial charge is 0.243 e. The van der Waals surface area contributed by atoms with E-state index in [0.717, 1.165) is 36.0 Å². The van der Waals surface area contributed by atoms with Crippen LogP contribution < -0.4 is 19.5 Å². The van der Waals surface area contributed by atoms with E-state index >= 15 is 0 Å². The average Bonchev–Trinajstić information content (AvgIpc) is 3.04. The predicted molar refractivity (Wildman–Crippen MR) is 166 cm³/mol. The van der Waals surface area contributed by atoms with Gasteiger partial charge in [-0.1, -0.05) is 41.9 Å². The van der Waals surface area contributed by atoms with Gasteiger partial charge in [-0.3, -0.25) is 0 Å². The Morgan fingerprint density at radius 2 is 1.45 bits per heavy atom. The molecule has 0 unspecified atom stereocenters. The molecule has 0 spiro atoms. The van der Waals surface area contributed by atoms with Crippen molar-refractivity contribution in [2.75, 3.05) is 26.1 Å². The summed E-state index contributed by atoms with van der Waals surface area (Å²) in [4.78, 5) is 0.196. The molecule has 0 amide bonds. The number of sulfonamides is 1. The van der Waals surface area contributed by atoms with Crippen LogP contribution in [0.4, 0.5) is 5.69 Å². The van der Waals surface area contributed by atoms with Crippen LogP contribution in [0.25, 0.3) is 0 Å². The maximum Gasteiger partial charge on any atom is 0.243 e. The van der Waals surface area contributed by atoms with Crippen LogP contribution in [-0.4, -0.2) is 33.5 Å². The fourth-order valence-corrected chi connectivity index (χ4v) is 6.60.